The fourth-order valence-electron chi connectivity index (χ4n) is 3.95. The van der Waals surface area contributed by atoms with Crippen molar-refractivity contribution in [2.24, 2.45) is 22.8 Å². The lowest BCUT2D eigenvalue weighted by Crippen LogP contribution is -2.50. The second-order valence-electron chi connectivity index (χ2n) is 7.27. The number of halogens is 2. The van der Waals surface area contributed by atoms with Gasteiger partial charge in [-0.2, -0.15) is 4.98 Å². The van der Waals surface area contributed by atoms with Gasteiger partial charge in [-0.15, -0.1) is 0 Å². The zero-order valence-corrected chi connectivity index (χ0v) is 16.5. The highest BCUT2D eigenvalue weighted by Crippen LogP contribution is 2.44. The predicted molar refractivity (Wildman–Crippen MR) is 108 cm³/mol. The van der Waals surface area contributed by atoms with Crippen LogP contribution in [0.1, 0.15) is 10.5 Å². The summed E-state index contributed by atoms with van der Waals surface area (Å²) in [7, 11) is 0. The van der Waals surface area contributed by atoms with Crippen molar-refractivity contribution < 1.29 is 9.53 Å². The van der Waals surface area contributed by atoms with E-state index in [0.717, 1.165) is 0 Å². The number of anilines is 2. The van der Waals surface area contributed by atoms with Crippen molar-refractivity contribution in [1.29, 1.82) is 0 Å². The number of benzene rings is 1. The SMILES string of the molecule is NCC1CN(c2nc(N)c(-c3cccc(Cl)c3Cl)c(C(N)=O)n2)CC12COC2. The molecule has 0 saturated carbocycles. The van der Waals surface area contributed by atoms with E-state index in [1.807, 2.05) is 4.90 Å². The Morgan fingerprint density at radius 2 is 2.07 bits per heavy atom. The molecule has 2 fully saturated rings. The molecule has 1 amide bonds. The van der Waals surface area contributed by atoms with E-state index in [0.29, 0.717) is 49.4 Å². The third-order valence-corrected chi connectivity index (χ3v) is 6.36. The quantitative estimate of drug-likeness (QED) is 0.679. The van der Waals surface area contributed by atoms with E-state index in [-0.39, 0.29) is 33.4 Å². The van der Waals surface area contributed by atoms with Gasteiger partial charge in [-0.05, 0) is 12.6 Å². The molecule has 148 valence electrons. The fraction of sp³-hybridized carbons (Fsp3) is 0.389. The van der Waals surface area contributed by atoms with Crippen LogP contribution in [0.5, 0.6) is 0 Å². The van der Waals surface area contributed by atoms with Crippen LogP contribution in [0.3, 0.4) is 0 Å². The van der Waals surface area contributed by atoms with Crippen LogP contribution in [0.2, 0.25) is 10.0 Å². The Kier molecular flexibility index (Phi) is 4.83. The second kappa shape index (κ2) is 7.04. The summed E-state index contributed by atoms with van der Waals surface area (Å²) in [5.41, 5.74) is 18.5. The average molecular weight is 423 g/mol. The third-order valence-electron chi connectivity index (χ3n) is 5.54. The molecule has 4 rings (SSSR count). The molecule has 6 N–H and O–H groups in total. The van der Waals surface area contributed by atoms with Crippen LogP contribution in [0.25, 0.3) is 11.1 Å². The largest absolute Gasteiger partial charge is 0.383 e. The number of aromatic nitrogens is 2. The summed E-state index contributed by atoms with van der Waals surface area (Å²) in [6, 6.07) is 5.03. The van der Waals surface area contributed by atoms with Gasteiger partial charge in [0.05, 0.1) is 28.8 Å². The van der Waals surface area contributed by atoms with Crippen LogP contribution in [0.15, 0.2) is 18.2 Å². The summed E-state index contributed by atoms with van der Waals surface area (Å²) in [6.45, 7) is 3.19. The Morgan fingerprint density at radius 1 is 1.32 bits per heavy atom. The minimum Gasteiger partial charge on any atom is -0.383 e. The van der Waals surface area contributed by atoms with Crippen molar-refractivity contribution in [1.82, 2.24) is 9.97 Å². The van der Waals surface area contributed by atoms with Gasteiger partial charge < -0.3 is 26.8 Å². The molecular weight excluding hydrogens is 403 g/mol. The number of hydrogen-bond acceptors (Lipinski definition) is 7. The van der Waals surface area contributed by atoms with Crippen molar-refractivity contribution in [3.8, 4) is 11.1 Å². The first-order chi connectivity index (χ1) is 13.4. The number of primary amides is 1. The lowest BCUT2D eigenvalue weighted by Gasteiger charge is -2.41. The molecule has 1 atom stereocenters. The summed E-state index contributed by atoms with van der Waals surface area (Å²) >= 11 is 12.4. The van der Waals surface area contributed by atoms with Gasteiger partial charge in [0.1, 0.15) is 11.5 Å². The van der Waals surface area contributed by atoms with Gasteiger partial charge in [0.2, 0.25) is 5.95 Å². The fourth-order valence-corrected chi connectivity index (χ4v) is 4.34. The molecule has 3 heterocycles. The standard InChI is InChI=1S/C18H20Cl2N6O2/c19-11-3-1-2-10(13(11)20)12-14(16(23)27)24-17(25-15(12)22)26-5-9(4-21)18(6-26)7-28-8-18/h1-3,9H,4-8,21H2,(H2,23,27)(H2,22,24,25). The lowest BCUT2D eigenvalue weighted by atomic mass is 9.76. The van der Waals surface area contributed by atoms with Gasteiger partial charge >= 0.3 is 0 Å². The number of amides is 1. The van der Waals surface area contributed by atoms with Gasteiger partial charge in [0.15, 0.2) is 0 Å². The van der Waals surface area contributed by atoms with Crippen LogP contribution >= 0.6 is 23.2 Å². The van der Waals surface area contributed by atoms with E-state index in [4.69, 9.17) is 45.1 Å². The summed E-state index contributed by atoms with van der Waals surface area (Å²) in [6.07, 6.45) is 0. The van der Waals surface area contributed by atoms with Gasteiger partial charge in [0, 0.05) is 30.0 Å². The summed E-state index contributed by atoms with van der Waals surface area (Å²) in [5, 5.41) is 0.583. The van der Waals surface area contributed by atoms with E-state index < -0.39 is 5.91 Å². The Bertz CT molecular complexity index is 950. The lowest BCUT2D eigenvalue weighted by molar-refractivity contribution is -0.122. The molecule has 1 spiro atoms. The van der Waals surface area contributed by atoms with E-state index >= 15 is 0 Å². The highest BCUT2D eigenvalue weighted by molar-refractivity contribution is 6.44. The third kappa shape index (κ3) is 2.97. The topological polar surface area (TPSA) is 133 Å². The van der Waals surface area contributed by atoms with Gasteiger partial charge in [-0.1, -0.05) is 35.3 Å². The van der Waals surface area contributed by atoms with Gasteiger partial charge in [-0.25, -0.2) is 4.98 Å². The molecule has 8 nitrogen and oxygen atoms in total. The van der Waals surface area contributed by atoms with Crippen molar-refractivity contribution in [2.45, 2.75) is 0 Å². The van der Waals surface area contributed by atoms with E-state index in [1.54, 1.807) is 18.2 Å². The van der Waals surface area contributed by atoms with Crippen molar-refractivity contribution >= 4 is 40.9 Å². The summed E-state index contributed by atoms with van der Waals surface area (Å²) in [5.74, 6) is -0.0173. The van der Waals surface area contributed by atoms with Crippen LogP contribution in [-0.2, 0) is 4.74 Å². The van der Waals surface area contributed by atoms with Crippen LogP contribution in [0.4, 0.5) is 11.8 Å². The Balaban J connectivity index is 1.78. The molecule has 0 bridgehead atoms. The first-order valence-electron chi connectivity index (χ1n) is 8.81. The molecule has 0 radical (unpaired) electrons. The van der Waals surface area contributed by atoms with Crippen molar-refractivity contribution in [3.05, 3.63) is 33.9 Å². The Morgan fingerprint density at radius 3 is 2.64 bits per heavy atom. The monoisotopic (exact) mass is 422 g/mol. The van der Waals surface area contributed by atoms with Crippen molar-refractivity contribution in [3.63, 3.8) is 0 Å². The van der Waals surface area contributed by atoms with Crippen molar-refractivity contribution in [2.75, 3.05) is 43.5 Å². The molecule has 2 aliphatic rings. The maximum atomic E-state index is 12.2. The van der Waals surface area contributed by atoms with Gasteiger partial charge in [-0.3, -0.25) is 4.79 Å². The van der Waals surface area contributed by atoms with Gasteiger partial charge in [0.25, 0.3) is 5.91 Å². The molecule has 2 aliphatic heterocycles. The smallest absolute Gasteiger partial charge is 0.268 e. The van der Waals surface area contributed by atoms with E-state index in [9.17, 15) is 4.79 Å². The van der Waals surface area contributed by atoms with E-state index in [1.165, 1.54) is 0 Å². The normalized spacial score (nSPS) is 20.4. The summed E-state index contributed by atoms with van der Waals surface area (Å²) < 4.78 is 5.41. The van der Waals surface area contributed by atoms with Crippen LogP contribution in [0, 0.1) is 11.3 Å². The molecule has 28 heavy (non-hydrogen) atoms. The number of ether oxygens (including phenoxy) is 1. The number of hydrogen-bond donors (Lipinski definition) is 3. The highest BCUT2D eigenvalue weighted by Gasteiger charge is 2.52. The molecular formula is C18H20Cl2N6O2. The Hall–Kier alpha value is -2.13. The molecule has 1 aromatic carbocycles. The van der Waals surface area contributed by atoms with Crippen LogP contribution < -0.4 is 22.1 Å². The number of nitrogens with zero attached hydrogens (tertiary/aromatic N) is 3. The zero-order valence-electron chi connectivity index (χ0n) is 15.0. The number of carbonyl (C=O) groups is 1. The predicted octanol–water partition coefficient (Wildman–Crippen LogP) is 1.54. The maximum absolute atomic E-state index is 12.2. The first kappa shape index (κ1) is 19.2. The molecule has 0 aliphatic carbocycles. The number of nitrogen functional groups attached to an aromatic ring is 1. The molecule has 10 heteroatoms. The highest BCUT2D eigenvalue weighted by atomic mass is 35.5. The molecule has 1 unspecified atom stereocenters. The number of carbonyl (C=O) groups excluding carboxylic acids is 1. The average Bonchev–Trinajstić information content (AvgIpc) is 3.04. The van der Waals surface area contributed by atoms with Crippen LogP contribution in [-0.4, -0.2) is 48.7 Å². The molecule has 2 aromatic rings. The Labute approximate surface area is 171 Å². The number of rotatable bonds is 4. The molecule has 1 aromatic heterocycles. The minimum absolute atomic E-state index is 0.00164. The maximum Gasteiger partial charge on any atom is 0.268 e. The van der Waals surface area contributed by atoms with E-state index in [2.05, 4.69) is 9.97 Å². The first-order valence-corrected chi connectivity index (χ1v) is 9.56. The summed E-state index contributed by atoms with van der Waals surface area (Å²) in [4.78, 5) is 23.0. The number of nitrogens with two attached hydrogens (primary N) is 3. The zero-order chi connectivity index (χ0) is 20.1. The second-order valence-corrected chi connectivity index (χ2v) is 8.05. The minimum atomic E-state index is -0.724. The molecule has 2 saturated heterocycles.